The van der Waals surface area contributed by atoms with E-state index in [0.717, 1.165) is 35.7 Å². The molecule has 0 radical (unpaired) electrons. The van der Waals surface area contributed by atoms with Crippen molar-refractivity contribution in [1.82, 2.24) is 10.6 Å². The molecule has 1 aromatic carbocycles. The van der Waals surface area contributed by atoms with E-state index in [1.54, 1.807) is 0 Å². The molecule has 120 valence electrons. The zero-order chi connectivity index (χ0) is 15.9. The molecule has 0 unspecified atom stereocenters. The Kier molecular flexibility index (Phi) is 6.43. The molecule has 2 amide bonds. The van der Waals surface area contributed by atoms with Gasteiger partial charge in [-0.1, -0.05) is 53.4 Å². The molecule has 5 heteroatoms. The predicted molar refractivity (Wildman–Crippen MR) is 90.3 cm³/mol. The maximum atomic E-state index is 12.0. The molecule has 1 aliphatic carbocycles. The van der Waals surface area contributed by atoms with Crippen LogP contribution in [0.25, 0.3) is 0 Å². The second kappa shape index (κ2) is 8.32. The highest BCUT2D eigenvalue weighted by Crippen LogP contribution is 2.24. The Balaban J connectivity index is 1.78. The summed E-state index contributed by atoms with van der Waals surface area (Å²) in [6, 6.07) is 7.69. The molecule has 0 aliphatic heterocycles. The van der Waals surface area contributed by atoms with Crippen molar-refractivity contribution in [3.63, 3.8) is 0 Å². The highest BCUT2D eigenvalue weighted by Gasteiger charge is 2.21. The van der Waals surface area contributed by atoms with E-state index in [2.05, 4.69) is 26.6 Å². The molecular formula is C17H23BrN2O2. The van der Waals surface area contributed by atoms with Crippen molar-refractivity contribution in [2.24, 2.45) is 5.92 Å². The number of halogens is 1. The lowest BCUT2D eigenvalue weighted by Crippen LogP contribution is -2.40. The standard InChI is InChI=1S/C17H23BrN2O2/c1-12(14-9-5-6-10-15(14)18)20-16(21)11-19-17(22)13-7-3-2-4-8-13/h5-6,9-10,12-13H,2-4,7-8,11H2,1H3,(H,19,22)(H,20,21)/t12-/m1/s1. The molecule has 0 saturated heterocycles. The van der Waals surface area contributed by atoms with E-state index in [-0.39, 0.29) is 30.3 Å². The van der Waals surface area contributed by atoms with Gasteiger partial charge in [0.05, 0.1) is 12.6 Å². The number of nitrogens with one attached hydrogen (secondary N) is 2. The third kappa shape index (κ3) is 4.83. The van der Waals surface area contributed by atoms with Crippen molar-refractivity contribution in [3.8, 4) is 0 Å². The zero-order valence-electron chi connectivity index (χ0n) is 12.9. The minimum Gasteiger partial charge on any atom is -0.348 e. The predicted octanol–water partition coefficient (Wildman–Crippen LogP) is 3.32. The van der Waals surface area contributed by atoms with Crippen LogP contribution in [-0.4, -0.2) is 18.4 Å². The van der Waals surface area contributed by atoms with Crippen molar-refractivity contribution < 1.29 is 9.59 Å². The van der Waals surface area contributed by atoms with Gasteiger partial charge in [0.25, 0.3) is 0 Å². The van der Waals surface area contributed by atoms with Crippen LogP contribution < -0.4 is 10.6 Å². The van der Waals surface area contributed by atoms with Crippen LogP contribution in [0.2, 0.25) is 0 Å². The fourth-order valence-corrected chi connectivity index (χ4v) is 3.50. The minimum atomic E-state index is -0.160. The molecule has 1 saturated carbocycles. The Labute approximate surface area is 140 Å². The van der Waals surface area contributed by atoms with E-state index < -0.39 is 0 Å². The molecule has 1 aromatic rings. The summed E-state index contributed by atoms with van der Waals surface area (Å²) < 4.78 is 0.967. The number of benzene rings is 1. The van der Waals surface area contributed by atoms with Crippen molar-refractivity contribution in [2.75, 3.05) is 6.54 Å². The molecule has 2 N–H and O–H groups in total. The first-order valence-corrected chi connectivity index (χ1v) is 8.68. The summed E-state index contributed by atoms with van der Waals surface area (Å²) in [6.45, 7) is 1.98. The van der Waals surface area contributed by atoms with Crippen LogP contribution in [0.5, 0.6) is 0 Å². The lowest BCUT2D eigenvalue weighted by atomic mass is 9.89. The van der Waals surface area contributed by atoms with E-state index in [0.29, 0.717) is 0 Å². The second-order valence-corrected chi connectivity index (χ2v) is 6.72. The maximum Gasteiger partial charge on any atom is 0.239 e. The molecule has 0 aromatic heterocycles. The zero-order valence-corrected chi connectivity index (χ0v) is 14.5. The second-order valence-electron chi connectivity index (χ2n) is 5.86. The van der Waals surface area contributed by atoms with Crippen LogP contribution in [0.15, 0.2) is 28.7 Å². The molecule has 4 nitrogen and oxygen atoms in total. The molecule has 0 spiro atoms. The van der Waals surface area contributed by atoms with Crippen LogP contribution in [0.1, 0.15) is 50.6 Å². The molecule has 1 fully saturated rings. The average Bonchev–Trinajstić information content (AvgIpc) is 2.53. The number of hydrogen-bond acceptors (Lipinski definition) is 2. The fourth-order valence-electron chi connectivity index (χ4n) is 2.87. The quantitative estimate of drug-likeness (QED) is 0.839. The molecule has 0 bridgehead atoms. The largest absolute Gasteiger partial charge is 0.348 e. The number of hydrogen-bond donors (Lipinski definition) is 2. The van der Waals surface area contributed by atoms with E-state index in [1.165, 1.54) is 6.42 Å². The summed E-state index contributed by atoms with van der Waals surface area (Å²) in [6.07, 6.45) is 5.34. The summed E-state index contributed by atoms with van der Waals surface area (Å²) in [5, 5.41) is 5.67. The summed E-state index contributed by atoms with van der Waals surface area (Å²) in [5.41, 5.74) is 1.02. The number of rotatable bonds is 5. The van der Waals surface area contributed by atoms with Crippen molar-refractivity contribution in [3.05, 3.63) is 34.3 Å². The van der Waals surface area contributed by atoms with Gasteiger partial charge in [0.1, 0.15) is 0 Å². The van der Waals surface area contributed by atoms with Crippen LogP contribution in [0.3, 0.4) is 0 Å². The van der Waals surface area contributed by atoms with Gasteiger partial charge in [0, 0.05) is 10.4 Å². The first-order chi connectivity index (χ1) is 10.6. The first kappa shape index (κ1) is 17.0. The summed E-state index contributed by atoms with van der Waals surface area (Å²) in [4.78, 5) is 24.0. The minimum absolute atomic E-state index is 0.0170. The Morgan fingerprint density at radius 3 is 2.59 bits per heavy atom. The van der Waals surface area contributed by atoms with Gasteiger partial charge in [-0.15, -0.1) is 0 Å². The average molecular weight is 367 g/mol. The highest BCUT2D eigenvalue weighted by atomic mass is 79.9. The normalized spacial score (nSPS) is 16.8. The van der Waals surface area contributed by atoms with Crippen LogP contribution in [0.4, 0.5) is 0 Å². The van der Waals surface area contributed by atoms with Gasteiger partial charge in [-0.2, -0.15) is 0 Å². The lowest BCUT2D eigenvalue weighted by Gasteiger charge is -2.21. The first-order valence-electron chi connectivity index (χ1n) is 7.89. The summed E-state index contributed by atoms with van der Waals surface area (Å²) in [5.74, 6) is -0.0574. The van der Waals surface area contributed by atoms with Gasteiger partial charge < -0.3 is 10.6 Å². The van der Waals surface area contributed by atoms with Crippen molar-refractivity contribution in [2.45, 2.75) is 45.1 Å². The number of carbonyl (C=O) groups is 2. The Bertz CT molecular complexity index is 527. The molecule has 2 rings (SSSR count). The van der Waals surface area contributed by atoms with Crippen LogP contribution in [-0.2, 0) is 9.59 Å². The topological polar surface area (TPSA) is 58.2 Å². The van der Waals surface area contributed by atoms with Gasteiger partial charge >= 0.3 is 0 Å². The van der Waals surface area contributed by atoms with Gasteiger partial charge in [0.15, 0.2) is 0 Å². The van der Waals surface area contributed by atoms with E-state index in [9.17, 15) is 9.59 Å². The van der Waals surface area contributed by atoms with E-state index >= 15 is 0 Å². The maximum absolute atomic E-state index is 12.0. The Morgan fingerprint density at radius 1 is 1.23 bits per heavy atom. The lowest BCUT2D eigenvalue weighted by molar-refractivity contribution is -0.129. The van der Waals surface area contributed by atoms with Gasteiger partial charge in [-0.25, -0.2) is 0 Å². The fraction of sp³-hybridized carbons (Fsp3) is 0.529. The van der Waals surface area contributed by atoms with E-state index in [1.807, 2.05) is 31.2 Å². The summed E-state index contributed by atoms with van der Waals surface area (Å²) >= 11 is 3.48. The van der Waals surface area contributed by atoms with Crippen LogP contribution in [0, 0.1) is 5.92 Å². The Hall–Kier alpha value is -1.36. The SMILES string of the molecule is C[C@@H](NC(=O)CNC(=O)C1CCCCC1)c1ccccc1Br. The number of carbonyl (C=O) groups excluding carboxylic acids is 2. The van der Waals surface area contributed by atoms with Gasteiger partial charge in [-0.05, 0) is 31.4 Å². The van der Waals surface area contributed by atoms with Crippen molar-refractivity contribution >= 4 is 27.7 Å². The molecule has 22 heavy (non-hydrogen) atoms. The van der Waals surface area contributed by atoms with E-state index in [4.69, 9.17) is 0 Å². The third-order valence-electron chi connectivity index (χ3n) is 4.15. The third-order valence-corrected chi connectivity index (χ3v) is 4.87. The smallest absolute Gasteiger partial charge is 0.239 e. The molecule has 0 heterocycles. The molecule has 1 atom stereocenters. The van der Waals surface area contributed by atoms with Crippen LogP contribution >= 0.6 is 15.9 Å². The molecule has 1 aliphatic rings. The summed E-state index contributed by atoms with van der Waals surface area (Å²) in [7, 11) is 0. The molecular weight excluding hydrogens is 344 g/mol. The highest BCUT2D eigenvalue weighted by molar-refractivity contribution is 9.10. The van der Waals surface area contributed by atoms with Crippen molar-refractivity contribution in [1.29, 1.82) is 0 Å². The van der Waals surface area contributed by atoms with Gasteiger partial charge in [-0.3, -0.25) is 9.59 Å². The number of amides is 2. The van der Waals surface area contributed by atoms with Gasteiger partial charge in [0.2, 0.25) is 11.8 Å². The Morgan fingerprint density at radius 2 is 1.91 bits per heavy atom. The monoisotopic (exact) mass is 366 g/mol.